The molecule has 2 aromatic carbocycles. The Morgan fingerprint density at radius 2 is 1.96 bits per heavy atom. The lowest BCUT2D eigenvalue weighted by Crippen LogP contribution is -2.12. The molecule has 0 unspecified atom stereocenters. The summed E-state index contributed by atoms with van der Waals surface area (Å²) in [6.45, 7) is 1.94. The van der Waals surface area contributed by atoms with Gasteiger partial charge in [-0.05, 0) is 30.7 Å². The zero-order valence-electron chi connectivity index (χ0n) is 14.7. The monoisotopic (exact) mass is 359 g/mol. The SMILES string of the molecule is CCc1cc(=O)[nH]c(-c2cccc(NC(=O)c3cc4ccccc4o3)c2)n1. The average molecular weight is 359 g/mol. The van der Waals surface area contributed by atoms with Crippen LogP contribution in [-0.2, 0) is 6.42 Å². The van der Waals surface area contributed by atoms with Gasteiger partial charge in [0.1, 0.15) is 11.4 Å². The lowest BCUT2D eigenvalue weighted by Gasteiger charge is -2.07. The number of carbonyl (C=O) groups is 1. The van der Waals surface area contributed by atoms with Crippen molar-refractivity contribution in [2.24, 2.45) is 0 Å². The summed E-state index contributed by atoms with van der Waals surface area (Å²) in [5.41, 5.74) is 2.47. The van der Waals surface area contributed by atoms with Crippen molar-refractivity contribution in [1.82, 2.24) is 9.97 Å². The number of hydrogen-bond donors (Lipinski definition) is 2. The lowest BCUT2D eigenvalue weighted by atomic mass is 10.1. The molecule has 134 valence electrons. The van der Waals surface area contributed by atoms with Gasteiger partial charge in [0.15, 0.2) is 5.76 Å². The first-order valence-electron chi connectivity index (χ1n) is 8.63. The maximum absolute atomic E-state index is 12.5. The fourth-order valence-corrected chi connectivity index (χ4v) is 2.86. The Kier molecular flexibility index (Phi) is 4.30. The van der Waals surface area contributed by atoms with Gasteiger partial charge in [-0.25, -0.2) is 4.98 Å². The summed E-state index contributed by atoms with van der Waals surface area (Å²) < 4.78 is 5.59. The third-order valence-corrected chi connectivity index (χ3v) is 4.20. The number of aryl methyl sites for hydroxylation is 1. The van der Waals surface area contributed by atoms with Crippen LogP contribution in [0.25, 0.3) is 22.4 Å². The van der Waals surface area contributed by atoms with Crippen LogP contribution in [0, 0.1) is 0 Å². The molecule has 6 nitrogen and oxygen atoms in total. The minimum absolute atomic E-state index is 0.200. The second kappa shape index (κ2) is 6.92. The van der Waals surface area contributed by atoms with Crippen molar-refractivity contribution >= 4 is 22.6 Å². The summed E-state index contributed by atoms with van der Waals surface area (Å²) in [7, 11) is 0. The number of furan rings is 1. The van der Waals surface area contributed by atoms with Gasteiger partial charge in [0.2, 0.25) is 0 Å². The van der Waals surface area contributed by atoms with Crippen molar-refractivity contribution in [3.63, 3.8) is 0 Å². The van der Waals surface area contributed by atoms with Gasteiger partial charge in [-0.2, -0.15) is 0 Å². The van der Waals surface area contributed by atoms with E-state index in [-0.39, 0.29) is 17.2 Å². The smallest absolute Gasteiger partial charge is 0.291 e. The number of H-pyrrole nitrogens is 1. The first-order valence-corrected chi connectivity index (χ1v) is 8.63. The van der Waals surface area contributed by atoms with E-state index in [1.165, 1.54) is 6.07 Å². The molecule has 1 amide bonds. The minimum Gasteiger partial charge on any atom is -0.451 e. The molecule has 0 radical (unpaired) electrons. The lowest BCUT2D eigenvalue weighted by molar-refractivity contribution is 0.0998. The molecule has 0 fully saturated rings. The summed E-state index contributed by atoms with van der Waals surface area (Å²) in [6, 6.07) is 17.8. The van der Waals surface area contributed by atoms with Gasteiger partial charge in [-0.3, -0.25) is 9.59 Å². The number of carbonyl (C=O) groups excluding carboxylic acids is 1. The third kappa shape index (κ3) is 3.50. The summed E-state index contributed by atoms with van der Waals surface area (Å²) in [5.74, 6) is 0.368. The molecule has 0 bridgehead atoms. The van der Waals surface area contributed by atoms with Crippen LogP contribution in [0.4, 0.5) is 5.69 Å². The van der Waals surface area contributed by atoms with E-state index >= 15 is 0 Å². The molecule has 27 heavy (non-hydrogen) atoms. The van der Waals surface area contributed by atoms with Crippen molar-refractivity contribution in [3.05, 3.63) is 82.5 Å². The summed E-state index contributed by atoms with van der Waals surface area (Å²) in [5, 5.41) is 3.69. The number of rotatable bonds is 4. The fourth-order valence-electron chi connectivity index (χ4n) is 2.86. The number of nitrogens with zero attached hydrogens (tertiary/aromatic N) is 1. The average Bonchev–Trinajstić information content (AvgIpc) is 3.12. The maximum Gasteiger partial charge on any atom is 0.291 e. The van der Waals surface area contributed by atoms with Gasteiger partial charge in [0, 0.05) is 28.4 Å². The molecule has 0 aliphatic heterocycles. The van der Waals surface area contributed by atoms with Crippen molar-refractivity contribution < 1.29 is 9.21 Å². The molecule has 4 aromatic rings. The molecule has 0 saturated heterocycles. The highest BCUT2D eigenvalue weighted by atomic mass is 16.3. The first kappa shape index (κ1) is 16.8. The van der Waals surface area contributed by atoms with E-state index in [0.717, 1.165) is 5.39 Å². The Balaban J connectivity index is 1.62. The van der Waals surface area contributed by atoms with E-state index < -0.39 is 0 Å². The molecule has 2 N–H and O–H groups in total. The number of aromatic nitrogens is 2. The van der Waals surface area contributed by atoms with E-state index in [4.69, 9.17) is 4.42 Å². The summed E-state index contributed by atoms with van der Waals surface area (Å²) in [6.07, 6.45) is 0.666. The zero-order valence-corrected chi connectivity index (χ0v) is 14.7. The second-order valence-electron chi connectivity index (χ2n) is 6.12. The molecule has 2 aromatic heterocycles. The van der Waals surface area contributed by atoms with Crippen LogP contribution in [0.1, 0.15) is 23.2 Å². The summed E-state index contributed by atoms with van der Waals surface area (Å²) >= 11 is 0. The largest absolute Gasteiger partial charge is 0.451 e. The van der Waals surface area contributed by atoms with Crippen LogP contribution in [0.15, 0.2) is 69.9 Å². The summed E-state index contributed by atoms with van der Waals surface area (Å²) in [4.78, 5) is 31.5. The van der Waals surface area contributed by atoms with Crippen molar-refractivity contribution in [1.29, 1.82) is 0 Å². The number of nitrogens with one attached hydrogen (secondary N) is 2. The Morgan fingerprint density at radius 3 is 2.78 bits per heavy atom. The van der Waals surface area contributed by atoms with Gasteiger partial charge in [0.25, 0.3) is 11.5 Å². The topological polar surface area (TPSA) is 88.0 Å². The first-order chi connectivity index (χ1) is 13.1. The van der Waals surface area contributed by atoms with Crippen LogP contribution < -0.4 is 10.9 Å². The third-order valence-electron chi connectivity index (χ3n) is 4.20. The number of para-hydroxylation sites is 1. The predicted molar refractivity (Wildman–Crippen MR) is 104 cm³/mol. The van der Waals surface area contributed by atoms with Gasteiger partial charge >= 0.3 is 0 Å². The van der Waals surface area contributed by atoms with Gasteiger partial charge in [-0.15, -0.1) is 0 Å². The van der Waals surface area contributed by atoms with E-state index in [9.17, 15) is 9.59 Å². The van der Waals surface area contributed by atoms with Crippen molar-refractivity contribution in [2.75, 3.05) is 5.32 Å². The number of aromatic amines is 1. The second-order valence-corrected chi connectivity index (χ2v) is 6.12. The normalized spacial score (nSPS) is 10.9. The molecule has 6 heteroatoms. The molecule has 4 rings (SSSR count). The minimum atomic E-state index is -0.341. The number of amides is 1. The van der Waals surface area contributed by atoms with E-state index in [2.05, 4.69) is 15.3 Å². The van der Waals surface area contributed by atoms with Gasteiger partial charge < -0.3 is 14.7 Å². The van der Waals surface area contributed by atoms with Crippen molar-refractivity contribution in [3.8, 4) is 11.4 Å². The molecular weight excluding hydrogens is 342 g/mol. The molecular formula is C21H17N3O3. The highest BCUT2D eigenvalue weighted by Gasteiger charge is 2.13. The maximum atomic E-state index is 12.5. The molecule has 0 aliphatic carbocycles. The van der Waals surface area contributed by atoms with Crippen LogP contribution >= 0.6 is 0 Å². The van der Waals surface area contributed by atoms with Crippen LogP contribution in [0.5, 0.6) is 0 Å². The quantitative estimate of drug-likeness (QED) is 0.576. The Morgan fingerprint density at radius 1 is 1.11 bits per heavy atom. The van der Waals surface area contributed by atoms with E-state index in [0.29, 0.717) is 34.8 Å². The molecule has 0 spiro atoms. The fraction of sp³-hybridized carbons (Fsp3) is 0.0952. The molecule has 0 aliphatic rings. The van der Waals surface area contributed by atoms with E-state index in [1.54, 1.807) is 24.3 Å². The number of benzene rings is 2. The van der Waals surface area contributed by atoms with Crippen LogP contribution in [0.3, 0.4) is 0 Å². The zero-order chi connectivity index (χ0) is 18.8. The number of fused-ring (bicyclic) bond motifs is 1. The highest BCUT2D eigenvalue weighted by molar-refractivity contribution is 6.04. The molecule has 0 atom stereocenters. The molecule has 2 heterocycles. The van der Waals surface area contributed by atoms with Gasteiger partial charge in [0.05, 0.1) is 0 Å². The van der Waals surface area contributed by atoms with E-state index in [1.807, 2.05) is 37.3 Å². The Labute approximate surface area is 154 Å². The van der Waals surface area contributed by atoms with Gasteiger partial charge in [-0.1, -0.05) is 37.3 Å². The Hall–Kier alpha value is -3.67. The Bertz CT molecular complexity index is 1160. The standard InChI is InChI=1S/C21H17N3O3/c1-2-15-12-19(25)24-20(22-15)14-7-5-8-16(10-14)23-21(26)18-11-13-6-3-4-9-17(13)27-18/h3-12H,2H2,1H3,(H,23,26)(H,22,24,25). The van der Waals surface area contributed by atoms with Crippen LogP contribution in [-0.4, -0.2) is 15.9 Å². The van der Waals surface area contributed by atoms with Crippen molar-refractivity contribution in [2.45, 2.75) is 13.3 Å². The predicted octanol–water partition coefficient (Wildman–Crippen LogP) is 4.00. The number of hydrogen-bond acceptors (Lipinski definition) is 4. The van der Waals surface area contributed by atoms with Crippen LogP contribution in [0.2, 0.25) is 0 Å². The highest BCUT2D eigenvalue weighted by Crippen LogP contribution is 2.22. The number of anilines is 1. The molecule has 0 saturated carbocycles.